The number of carbonyl (C=O) groups is 1. The van der Waals surface area contributed by atoms with E-state index in [-0.39, 0.29) is 11.9 Å². The van der Waals surface area contributed by atoms with Crippen LogP contribution >= 0.6 is 11.3 Å². The molecule has 1 saturated heterocycles. The van der Waals surface area contributed by atoms with E-state index in [0.717, 1.165) is 25.2 Å². The van der Waals surface area contributed by atoms with E-state index in [4.69, 9.17) is 0 Å². The van der Waals surface area contributed by atoms with Crippen molar-refractivity contribution in [2.75, 3.05) is 13.1 Å². The Labute approximate surface area is 127 Å². The number of thiophene rings is 1. The molecule has 2 aromatic rings. The second-order valence-electron chi connectivity index (χ2n) is 5.32. The van der Waals surface area contributed by atoms with Crippen LogP contribution in [0.5, 0.6) is 0 Å². The zero-order valence-corrected chi connectivity index (χ0v) is 12.8. The second-order valence-corrected chi connectivity index (χ2v) is 6.36. The minimum Gasteiger partial charge on any atom is -0.333 e. The van der Waals surface area contributed by atoms with Crippen LogP contribution in [0.4, 0.5) is 4.79 Å². The average molecular weight is 305 g/mol. The summed E-state index contributed by atoms with van der Waals surface area (Å²) in [5, 5.41) is 13.1. The van der Waals surface area contributed by atoms with E-state index in [1.807, 2.05) is 34.0 Å². The smallest absolute Gasteiger partial charge is 0.317 e. The summed E-state index contributed by atoms with van der Waals surface area (Å²) in [7, 11) is 1.95. The minimum atomic E-state index is 0.00951. The first kappa shape index (κ1) is 14.1. The number of carbonyl (C=O) groups excluding carboxylic acids is 1. The van der Waals surface area contributed by atoms with Gasteiger partial charge in [-0.15, -0.1) is 21.5 Å². The van der Waals surface area contributed by atoms with Gasteiger partial charge >= 0.3 is 6.03 Å². The standard InChI is InChI=1S/C14H19N5OS/c1-18-10-16-17-13(18)11-4-2-6-19(9-11)14(20)15-8-12-5-3-7-21-12/h3,5,7,10-11H,2,4,6,8-9H2,1H3,(H,15,20). The molecule has 2 amide bonds. The molecule has 1 aliphatic heterocycles. The number of likely N-dealkylation sites (tertiary alicyclic amines) is 1. The van der Waals surface area contributed by atoms with Gasteiger partial charge in [0.25, 0.3) is 0 Å². The van der Waals surface area contributed by atoms with Crippen LogP contribution in [0, 0.1) is 0 Å². The molecule has 0 saturated carbocycles. The summed E-state index contributed by atoms with van der Waals surface area (Å²) in [5.41, 5.74) is 0. The van der Waals surface area contributed by atoms with Crippen LogP contribution < -0.4 is 5.32 Å². The topological polar surface area (TPSA) is 63.1 Å². The predicted octanol–water partition coefficient (Wildman–Crippen LogP) is 1.97. The fourth-order valence-corrected chi connectivity index (χ4v) is 3.37. The molecule has 0 bridgehead atoms. The molecule has 0 spiro atoms. The molecular formula is C14H19N5OS. The van der Waals surface area contributed by atoms with Gasteiger partial charge in [0.1, 0.15) is 12.2 Å². The van der Waals surface area contributed by atoms with Crippen LogP contribution in [0.15, 0.2) is 23.8 Å². The lowest BCUT2D eigenvalue weighted by molar-refractivity contribution is 0.177. The van der Waals surface area contributed by atoms with E-state index in [0.29, 0.717) is 13.1 Å². The molecule has 6 nitrogen and oxygen atoms in total. The maximum atomic E-state index is 12.3. The van der Waals surface area contributed by atoms with Crippen LogP contribution in [0.3, 0.4) is 0 Å². The fourth-order valence-electron chi connectivity index (χ4n) is 2.72. The lowest BCUT2D eigenvalue weighted by atomic mass is 9.97. The Balaban J connectivity index is 1.58. The highest BCUT2D eigenvalue weighted by molar-refractivity contribution is 7.09. The number of amides is 2. The molecule has 3 rings (SSSR count). The summed E-state index contributed by atoms with van der Waals surface area (Å²) in [6, 6.07) is 4.04. The monoisotopic (exact) mass is 305 g/mol. The van der Waals surface area contributed by atoms with Gasteiger partial charge < -0.3 is 14.8 Å². The van der Waals surface area contributed by atoms with Crippen molar-refractivity contribution in [2.24, 2.45) is 7.05 Å². The Morgan fingerprint density at radius 2 is 2.48 bits per heavy atom. The summed E-state index contributed by atoms with van der Waals surface area (Å²) in [4.78, 5) is 15.3. The summed E-state index contributed by atoms with van der Waals surface area (Å²) in [6.45, 7) is 2.12. The van der Waals surface area contributed by atoms with Gasteiger partial charge in [-0.3, -0.25) is 0 Å². The molecule has 7 heteroatoms. The van der Waals surface area contributed by atoms with Crippen LogP contribution in [0.1, 0.15) is 29.5 Å². The van der Waals surface area contributed by atoms with E-state index in [1.165, 1.54) is 4.88 Å². The Bertz CT molecular complexity index is 594. The number of aromatic nitrogens is 3. The van der Waals surface area contributed by atoms with E-state index < -0.39 is 0 Å². The third kappa shape index (κ3) is 3.24. The second kappa shape index (κ2) is 6.26. The highest BCUT2D eigenvalue weighted by atomic mass is 32.1. The lowest BCUT2D eigenvalue weighted by Crippen LogP contribution is -2.45. The number of nitrogens with zero attached hydrogens (tertiary/aromatic N) is 4. The van der Waals surface area contributed by atoms with Crippen molar-refractivity contribution < 1.29 is 4.79 Å². The summed E-state index contributed by atoms with van der Waals surface area (Å²) in [6.07, 6.45) is 3.77. The maximum Gasteiger partial charge on any atom is 0.317 e. The van der Waals surface area contributed by atoms with E-state index in [9.17, 15) is 4.79 Å². The molecule has 3 heterocycles. The Morgan fingerprint density at radius 3 is 3.19 bits per heavy atom. The average Bonchev–Trinajstić information content (AvgIpc) is 3.16. The molecule has 2 aromatic heterocycles. The quantitative estimate of drug-likeness (QED) is 0.943. The number of hydrogen-bond acceptors (Lipinski definition) is 4. The third-order valence-corrected chi connectivity index (χ3v) is 4.69. The van der Waals surface area contributed by atoms with Gasteiger partial charge in [-0.25, -0.2) is 4.79 Å². The first-order valence-electron chi connectivity index (χ1n) is 7.13. The molecule has 112 valence electrons. The van der Waals surface area contributed by atoms with E-state index >= 15 is 0 Å². The van der Waals surface area contributed by atoms with Crippen molar-refractivity contribution in [3.8, 4) is 0 Å². The molecule has 1 fully saturated rings. The highest BCUT2D eigenvalue weighted by Gasteiger charge is 2.27. The number of aryl methyl sites for hydroxylation is 1. The third-order valence-electron chi connectivity index (χ3n) is 3.81. The number of piperidine rings is 1. The first-order chi connectivity index (χ1) is 10.2. The number of rotatable bonds is 3. The number of hydrogen-bond donors (Lipinski definition) is 1. The Kier molecular flexibility index (Phi) is 4.19. The molecule has 1 N–H and O–H groups in total. The molecule has 1 unspecified atom stereocenters. The zero-order chi connectivity index (χ0) is 14.7. The van der Waals surface area contributed by atoms with Gasteiger partial charge in [0, 0.05) is 30.9 Å². The highest BCUT2D eigenvalue weighted by Crippen LogP contribution is 2.25. The van der Waals surface area contributed by atoms with Crippen LogP contribution in [-0.4, -0.2) is 38.8 Å². The normalized spacial score (nSPS) is 18.7. The fraction of sp³-hybridized carbons (Fsp3) is 0.500. The van der Waals surface area contributed by atoms with Crippen molar-refractivity contribution in [3.63, 3.8) is 0 Å². The summed E-state index contributed by atoms with van der Waals surface area (Å²) >= 11 is 1.66. The molecule has 0 aromatic carbocycles. The van der Waals surface area contributed by atoms with Crippen LogP contribution in [-0.2, 0) is 13.6 Å². The van der Waals surface area contributed by atoms with Crippen molar-refractivity contribution in [1.82, 2.24) is 25.0 Å². The molecule has 1 aliphatic rings. The van der Waals surface area contributed by atoms with Crippen molar-refractivity contribution in [3.05, 3.63) is 34.5 Å². The van der Waals surface area contributed by atoms with Gasteiger partial charge in [-0.2, -0.15) is 0 Å². The van der Waals surface area contributed by atoms with Gasteiger partial charge in [0.15, 0.2) is 0 Å². The van der Waals surface area contributed by atoms with E-state index in [1.54, 1.807) is 17.7 Å². The van der Waals surface area contributed by atoms with Crippen molar-refractivity contribution in [1.29, 1.82) is 0 Å². The molecule has 0 radical (unpaired) electrons. The predicted molar refractivity (Wildman–Crippen MR) is 81.1 cm³/mol. The summed E-state index contributed by atoms with van der Waals surface area (Å²) < 4.78 is 1.94. The maximum absolute atomic E-state index is 12.3. The minimum absolute atomic E-state index is 0.00951. The van der Waals surface area contributed by atoms with E-state index in [2.05, 4.69) is 15.5 Å². The zero-order valence-electron chi connectivity index (χ0n) is 12.0. The Morgan fingerprint density at radius 1 is 1.57 bits per heavy atom. The Hall–Kier alpha value is -1.89. The van der Waals surface area contributed by atoms with Crippen LogP contribution in [0.2, 0.25) is 0 Å². The van der Waals surface area contributed by atoms with Gasteiger partial charge in [0.2, 0.25) is 0 Å². The van der Waals surface area contributed by atoms with Gasteiger partial charge in [0.05, 0.1) is 6.54 Å². The molecule has 1 atom stereocenters. The summed E-state index contributed by atoms with van der Waals surface area (Å²) in [5.74, 6) is 1.24. The SMILES string of the molecule is Cn1cnnc1C1CCCN(C(=O)NCc2cccs2)C1. The van der Waals surface area contributed by atoms with Gasteiger partial charge in [-0.05, 0) is 24.3 Å². The first-order valence-corrected chi connectivity index (χ1v) is 8.01. The van der Waals surface area contributed by atoms with Gasteiger partial charge in [-0.1, -0.05) is 6.07 Å². The molecular weight excluding hydrogens is 286 g/mol. The van der Waals surface area contributed by atoms with Crippen molar-refractivity contribution >= 4 is 17.4 Å². The number of urea groups is 1. The van der Waals surface area contributed by atoms with Crippen LogP contribution in [0.25, 0.3) is 0 Å². The molecule has 21 heavy (non-hydrogen) atoms. The largest absolute Gasteiger partial charge is 0.333 e. The molecule has 0 aliphatic carbocycles. The number of nitrogens with one attached hydrogen (secondary N) is 1. The lowest BCUT2D eigenvalue weighted by Gasteiger charge is -2.32. The van der Waals surface area contributed by atoms with Crippen molar-refractivity contribution in [2.45, 2.75) is 25.3 Å².